The first kappa shape index (κ1) is 23.5. The van der Waals surface area contributed by atoms with Gasteiger partial charge in [0.15, 0.2) is 5.88 Å². The van der Waals surface area contributed by atoms with Gasteiger partial charge in [-0.1, -0.05) is 18.2 Å². The summed E-state index contributed by atoms with van der Waals surface area (Å²) in [4.78, 5) is 40.0. The van der Waals surface area contributed by atoms with E-state index in [1.165, 1.54) is 20.3 Å². The Bertz CT molecular complexity index is 1310. The third-order valence-corrected chi connectivity index (χ3v) is 4.93. The van der Waals surface area contributed by atoms with E-state index in [2.05, 4.69) is 15.2 Å². The minimum Gasteiger partial charge on any atom is -0.508 e. The molecule has 10 heteroatoms. The van der Waals surface area contributed by atoms with Crippen molar-refractivity contribution in [2.24, 2.45) is 0 Å². The quantitative estimate of drug-likeness (QED) is 0.362. The number of hydrogen-bond donors (Lipinski definition) is 4. The minimum atomic E-state index is -0.691. The molecule has 0 amide bonds. The van der Waals surface area contributed by atoms with Gasteiger partial charge >= 0.3 is 11.9 Å². The summed E-state index contributed by atoms with van der Waals surface area (Å²) < 4.78 is 15.2. The van der Waals surface area contributed by atoms with Gasteiger partial charge in [-0.05, 0) is 37.1 Å². The predicted octanol–water partition coefficient (Wildman–Crippen LogP) is 0.490. The molecular formula is C23H25N3O7. The first-order chi connectivity index (χ1) is 15.9. The number of rotatable bonds is 8. The Morgan fingerprint density at radius 2 is 1.82 bits per heavy atom. The molecule has 0 aliphatic heterocycles. The number of phenols is 1. The van der Waals surface area contributed by atoms with E-state index in [0.717, 1.165) is 5.56 Å². The second kappa shape index (κ2) is 10.4. The summed E-state index contributed by atoms with van der Waals surface area (Å²) in [5.74, 6) is -0.869. The van der Waals surface area contributed by atoms with Gasteiger partial charge in [-0.3, -0.25) is 19.8 Å². The molecule has 0 aliphatic rings. The predicted molar refractivity (Wildman–Crippen MR) is 120 cm³/mol. The van der Waals surface area contributed by atoms with Crippen molar-refractivity contribution in [1.82, 2.24) is 15.2 Å². The fourth-order valence-corrected chi connectivity index (χ4v) is 3.31. The van der Waals surface area contributed by atoms with Crippen LogP contribution < -0.4 is 20.9 Å². The van der Waals surface area contributed by atoms with Crippen molar-refractivity contribution < 1.29 is 28.9 Å². The number of carbonyl (C=O) groups is 2. The number of nitrogens with one attached hydrogen (secondary N) is 3. The molecule has 3 rings (SSSR count). The standard InChI is InChI=1S/C23H25N3O7/c1-4-33-22-16(12-19(28)31-2)20(23(30)32-3)18(24-22)11-15-17(25-26-21(15)29)10-7-13-5-8-14(27)9-6-13/h5-6,8-11,24-25,27H,4,7,12H2,1-3H3,(H,26,29). The molecular weight excluding hydrogens is 430 g/mol. The normalized spacial score (nSPS) is 12.1. The molecule has 0 saturated carbocycles. The van der Waals surface area contributed by atoms with E-state index in [1.54, 1.807) is 37.3 Å². The molecule has 1 aromatic carbocycles. The van der Waals surface area contributed by atoms with Crippen LogP contribution in [0.1, 0.15) is 34.1 Å². The van der Waals surface area contributed by atoms with Crippen LogP contribution in [0, 0.1) is 0 Å². The van der Waals surface area contributed by atoms with Gasteiger partial charge in [-0.2, -0.15) is 0 Å². The maximum atomic E-state index is 12.6. The van der Waals surface area contributed by atoms with Crippen molar-refractivity contribution in [2.75, 3.05) is 20.8 Å². The van der Waals surface area contributed by atoms with Gasteiger partial charge < -0.3 is 24.3 Å². The summed E-state index contributed by atoms with van der Waals surface area (Å²) in [5, 5.41) is 15.6. The number of benzene rings is 1. The van der Waals surface area contributed by atoms with Crippen LogP contribution in [0.15, 0.2) is 29.1 Å². The number of aromatic hydroxyl groups is 1. The van der Waals surface area contributed by atoms with Crippen LogP contribution in [-0.2, 0) is 27.1 Å². The number of methoxy groups -OCH3 is 2. The summed E-state index contributed by atoms with van der Waals surface area (Å²) in [6, 6.07) is 6.70. The lowest BCUT2D eigenvalue weighted by Crippen LogP contribution is -2.33. The Morgan fingerprint density at radius 1 is 1.09 bits per heavy atom. The minimum absolute atomic E-state index is 0.0800. The molecule has 2 aromatic heterocycles. The number of aromatic amines is 3. The Labute approximate surface area is 188 Å². The molecule has 3 aromatic rings. The van der Waals surface area contributed by atoms with Crippen molar-refractivity contribution in [2.45, 2.75) is 19.8 Å². The molecule has 174 valence electrons. The summed E-state index contributed by atoms with van der Waals surface area (Å²) in [5.41, 5.74) is 1.15. The number of esters is 2. The molecule has 0 radical (unpaired) electrons. The number of ether oxygens (including phenoxy) is 3. The molecule has 33 heavy (non-hydrogen) atoms. The molecule has 0 bridgehead atoms. The molecule has 10 nitrogen and oxygen atoms in total. The van der Waals surface area contributed by atoms with Gasteiger partial charge in [-0.25, -0.2) is 4.79 Å². The summed E-state index contributed by atoms with van der Waals surface area (Å²) >= 11 is 0. The largest absolute Gasteiger partial charge is 0.508 e. The molecule has 0 spiro atoms. The summed E-state index contributed by atoms with van der Waals surface area (Å²) in [7, 11) is 2.47. The van der Waals surface area contributed by atoms with Crippen LogP contribution >= 0.6 is 0 Å². The van der Waals surface area contributed by atoms with Crippen molar-refractivity contribution in [3.05, 3.63) is 67.6 Å². The maximum Gasteiger partial charge on any atom is 0.340 e. The zero-order valence-electron chi connectivity index (χ0n) is 18.5. The van der Waals surface area contributed by atoms with Crippen LogP contribution in [0.2, 0.25) is 0 Å². The average Bonchev–Trinajstić information content (AvgIpc) is 3.33. The summed E-state index contributed by atoms with van der Waals surface area (Å²) in [6.45, 7) is 2.04. The molecule has 2 heterocycles. The third kappa shape index (κ3) is 5.35. The van der Waals surface area contributed by atoms with Crippen LogP contribution in [0.5, 0.6) is 11.6 Å². The van der Waals surface area contributed by atoms with E-state index in [-0.39, 0.29) is 46.7 Å². The molecule has 0 atom stereocenters. The van der Waals surface area contributed by atoms with Gasteiger partial charge in [0.1, 0.15) is 5.75 Å². The number of aromatic nitrogens is 3. The van der Waals surface area contributed by atoms with Crippen molar-refractivity contribution >= 4 is 24.1 Å². The zero-order valence-corrected chi connectivity index (χ0v) is 18.5. The van der Waals surface area contributed by atoms with Gasteiger partial charge in [0, 0.05) is 5.56 Å². The topological polar surface area (TPSA) is 146 Å². The highest BCUT2D eigenvalue weighted by Crippen LogP contribution is 2.28. The lowest BCUT2D eigenvalue weighted by Gasteiger charge is -2.06. The average molecular weight is 455 g/mol. The number of carbonyl (C=O) groups excluding carboxylic acids is 2. The molecule has 0 saturated heterocycles. The highest BCUT2D eigenvalue weighted by atomic mass is 16.5. The fourth-order valence-electron chi connectivity index (χ4n) is 3.31. The first-order valence-electron chi connectivity index (χ1n) is 10.2. The van der Waals surface area contributed by atoms with Crippen molar-refractivity contribution in [3.63, 3.8) is 0 Å². The summed E-state index contributed by atoms with van der Waals surface area (Å²) in [6.07, 6.45) is 3.56. The van der Waals surface area contributed by atoms with Gasteiger partial charge in [0.25, 0.3) is 5.56 Å². The van der Waals surface area contributed by atoms with Gasteiger partial charge in [0.2, 0.25) is 0 Å². The number of hydrogen-bond acceptors (Lipinski definition) is 7. The second-order valence-electron chi connectivity index (χ2n) is 7.02. The van der Waals surface area contributed by atoms with E-state index in [4.69, 9.17) is 14.2 Å². The monoisotopic (exact) mass is 455 g/mol. The third-order valence-electron chi connectivity index (χ3n) is 4.93. The van der Waals surface area contributed by atoms with Crippen LogP contribution in [0.25, 0.3) is 12.2 Å². The van der Waals surface area contributed by atoms with Crippen molar-refractivity contribution in [1.29, 1.82) is 0 Å². The Kier molecular flexibility index (Phi) is 7.39. The second-order valence-corrected chi connectivity index (χ2v) is 7.02. The van der Waals surface area contributed by atoms with Gasteiger partial charge in [-0.15, -0.1) is 0 Å². The van der Waals surface area contributed by atoms with Gasteiger partial charge in [0.05, 0.1) is 49.1 Å². The van der Waals surface area contributed by atoms with E-state index in [1.807, 2.05) is 0 Å². The Hall–Kier alpha value is -4.21. The van der Waals surface area contributed by atoms with E-state index in [9.17, 15) is 19.5 Å². The molecule has 0 fully saturated rings. The molecule has 0 unspecified atom stereocenters. The number of phenolic OH excluding ortho intramolecular Hbond substituents is 1. The maximum absolute atomic E-state index is 12.6. The van der Waals surface area contributed by atoms with E-state index >= 15 is 0 Å². The number of H-pyrrole nitrogens is 3. The first-order valence-corrected chi connectivity index (χ1v) is 10.2. The molecule has 4 N–H and O–H groups in total. The van der Waals surface area contributed by atoms with Crippen molar-refractivity contribution in [3.8, 4) is 11.6 Å². The lowest BCUT2D eigenvalue weighted by atomic mass is 10.1. The van der Waals surface area contributed by atoms with E-state index in [0.29, 0.717) is 11.8 Å². The van der Waals surface area contributed by atoms with Crippen LogP contribution in [0.4, 0.5) is 0 Å². The van der Waals surface area contributed by atoms with Crippen LogP contribution in [0.3, 0.4) is 0 Å². The highest BCUT2D eigenvalue weighted by Gasteiger charge is 2.26. The lowest BCUT2D eigenvalue weighted by molar-refractivity contribution is -0.139. The fraction of sp³-hybridized carbons (Fsp3) is 0.261. The molecule has 0 aliphatic carbocycles. The smallest absolute Gasteiger partial charge is 0.340 e. The zero-order chi connectivity index (χ0) is 24.0. The Balaban J connectivity index is 2.15. The van der Waals surface area contributed by atoms with Crippen LogP contribution in [-0.4, -0.2) is 53.1 Å². The SMILES string of the molecule is CCOc1[nH]c(C=c2c(=O)[nH][nH]c2=CCc2ccc(O)cc2)c(C(=O)OC)c1CC(=O)OC. The Morgan fingerprint density at radius 3 is 2.45 bits per heavy atom. The van der Waals surface area contributed by atoms with E-state index < -0.39 is 17.5 Å². The highest BCUT2D eigenvalue weighted by molar-refractivity contribution is 5.97.